The number of carbonyl (C=O) groups is 2. The number of carboxylic acids is 1. The lowest BCUT2D eigenvalue weighted by Gasteiger charge is -2.32. The molecular weight excluding hydrogens is 206 g/mol. The van der Waals surface area contributed by atoms with E-state index in [0.717, 1.165) is 12.8 Å². The number of hydrogen-bond acceptors (Lipinski definition) is 2. The molecule has 0 spiro atoms. The highest BCUT2D eigenvalue weighted by Crippen LogP contribution is 2.21. The smallest absolute Gasteiger partial charge is 0.316 e. The van der Waals surface area contributed by atoms with E-state index in [2.05, 4.69) is 6.92 Å². The van der Waals surface area contributed by atoms with E-state index in [1.165, 1.54) is 0 Å². The Kier molecular flexibility index (Phi) is 4.33. The Balaban J connectivity index is 2.65. The Hall–Kier alpha value is -1.06. The van der Waals surface area contributed by atoms with E-state index in [-0.39, 0.29) is 11.8 Å². The number of aliphatic carboxylic acids is 1. The molecule has 0 radical (unpaired) electrons. The lowest BCUT2D eigenvalue weighted by molar-refractivity contribution is -0.153. The first-order valence-corrected chi connectivity index (χ1v) is 5.95. The van der Waals surface area contributed by atoms with Crippen molar-refractivity contribution in [2.24, 2.45) is 17.8 Å². The molecule has 1 amide bonds. The maximum atomic E-state index is 12.0. The van der Waals surface area contributed by atoms with Gasteiger partial charge in [-0.2, -0.15) is 0 Å². The predicted molar refractivity (Wildman–Crippen MR) is 60.9 cm³/mol. The van der Waals surface area contributed by atoms with Crippen molar-refractivity contribution in [3.63, 3.8) is 0 Å². The van der Waals surface area contributed by atoms with Crippen LogP contribution in [0.5, 0.6) is 0 Å². The number of nitrogens with zero attached hydrogens (tertiary/aromatic N) is 1. The maximum absolute atomic E-state index is 12.0. The molecule has 0 aromatic carbocycles. The molecule has 1 N–H and O–H groups in total. The molecule has 1 rings (SSSR count). The van der Waals surface area contributed by atoms with E-state index in [1.807, 2.05) is 0 Å². The Morgan fingerprint density at radius 1 is 1.25 bits per heavy atom. The quantitative estimate of drug-likeness (QED) is 0.745. The fraction of sp³-hybridized carbons (Fsp3) is 0.833. The van der Waals surface area contributed by atoms with Crippen molar-refractivity contribution in [3.8, 4) is 0 Å². The molecule has 1 fully saturated rings. The highest BCUT2D eigenvalue weighted by molar-refractivity contribution is 5.97. The van der Waals surface area contributed by atoms with Crippen LogP contribution in [-0.4, -0.2) is 35.0 Å². The highest BCUT2D eigenvalue weighted by atomic mass is 16.4. The number of likely N-dealkylation sites (tertiary alicyclic amines) is 1. The molecule has 0 bridgehead atoms. The zero-order chi connectivity index (χ0) is 12.3. The van der Waals surface area contributed by atoms with Crippen LogP contribution in [0.4, 0.5) is 0 Å². The van der Waals surface area contributed by atoms with Gasteiger partial charge in [-0.1, -0.05) is 20.8 Å². The molecule has 0 aliphatic carbocycles. The van der Waals surface area contributed by atoms with Gasteiger partial charge in [-0.15, -0.1) is 0 Å². The number of carboxylic acid groups (broad SMARTS) is 1. The SMILES string of the molecule is CC1CCN(C(=O)C(C(=O)O)C(C)C)CC1. The van der Waals surface area contributed by atoms with E-state index in [4.69, 9.17) is 5.11 Å². The fourth-order valence-electron chi connectivity index (χ4n) is 2.10. The van der Waals surface area contributed by atoms with Gasteiger partial charge < -0.3 is 10.0 Å². The summed E-state index contributed by atoms with van der Waals surface area (Å²) in [6, 6.07) is 0. The van der Waals surface area contributed by atoms with Crippen molar-refractivity contribution in [1.82, 2.24) is 4.90 Å². The molecule has 0 aromatic rings. The van der Waals surface area contributed by atoms with Crippen LogP contribution >= 0.6 is 0 Å². The molecule has 4 heteroatoms. The minimum atomic E-state index is -1.00. The summed E-state index contributed by atoms with van der Waals surface area (Å²) in [5.41, 5.74) is 0. The third-order valence-corrected chi connectivity index (χ3v) is 3.29. The van der Waals surface area contributed by atoms with Crippen LogP contribution in [0.3, 0.4) is 0 Å². The van der Waals surface area contributed by atoms with Crippen molar-refractivity contribution in [2.45, 2.75) is 33.6 Å². The molecular formula is C12H21NO3. The van der Waals surface area contributed by atoms with Crippen LogP contribution in [0.2, 0.25) is 0 Å². The molecule has 1 aliphatic heterocycles. The van der Waals surface area contributed by atoms with Gasteiger partial charge >= 0.3 is 5.97 Å². The van der Waals surface area contributed by atoms with Gasteiger partial charge in [0.05, 0.1) is 0 Å². The van der Waals surface area contributed by atoms with Crippen molar-refractivity contribution in [1.29, 1.82) is 0 Å². The summed E-state index contributed by atoms with van der Waals surface area (Å²) in [5.74, 6) is -1.60. The van der Waals surface area contributed by atoms with Crippen LogP contribution in [0, 0.1) is 17.8 Å². The first kappa shape index (κ1) is 13.0. The van der Waals surface area contributed by atoms with Crippen molar-refractivity contribution >= 4 is 11.9 Å². The number of amides is 1. The Morgan fingerprint density at radius 2 is 1.75 bits per heavy atom. The lowest BCUT2D eigenvalue weighted by atomic mass is 9.92. The van der Waals surface area contributed by atoms with Gasteiger partial charge in [0.25, 0.3) is 0 Å². The summed E-state index contributed by atoms with van der Waals surface area (Å²) in [4.78, 5) is 24.8. The average Bonchev–Trinajstić information content (AvgIpc) is 2.17. The molecule has 1 unspecified atom stereocenters. The number of rotatable bonds is 3. The van der Waals surface area contributed by atoms with E-state index in [1.54, 1.807) is 18.7 Å². The lowest BCUT2D eigenvalue weighted by Crippen LogP contribution is -2.45. The van der Waals surface area contributed by atoms with Crippen LogP contribution in [0.15, 0.2) is 0 Å². The third kappa shape index (κ3) is 2.97. The second-order valence-corrected chi connectivity index (χ2v) is 5.07. The molecule has 0 aromatic heterocycles. The van der Waals surface area contributed by atoms with Crippen LogP contribution in [0.1, 0.15) is 33.6 Å². The van der Waals surface area contributed by atoms with Gasteiger partial charge in [0.1, 0.15) is 5.92 Å². The molecule has 1 aliphatic rings. The Bertz CT molecular complexity index is 267. The molecule has 1 atom stereocenters. The second-order valence-electron chi connectivity index (χ2n) is 5.07. The van der Waals surface area contributed by atoms with Gasteiger partial charge in [0.2, 0.25) is 5.91 Å². The van der Waals surface area contributed by atoms with Crippen molar-refractivity contribution in [2.75, 3.05) is 13.1 Å². The average molecular weight is 227 g/mol. The highest BCUT2D eigenvalue weighted by Gasteiger charge is 2.34. The molecule has 92 valence electrons. The largest absolute Gasteiger partial charge is 0.481 e. The number of hydrogen-bond donors (Lipinski definition) is 1. The van der Waals surface area contributed by atoms with E-state index in [0.29, 0.717) is 19.0 Å². The number of piperidine rings is 1. The Morgan fingerprint density at radius 3 is 2.12 bits per heavy atom. The van der Waals surface area contributed by atoms with Crippen LogP contribution in [-0.2, 0) is 9.59 Å². The standard InChI is InChI=1S/C12H21NO3/c1-8(2)10(12(15)16)11(14)13-6-4-9(3)5-7-13/h8-10H,4-7H2,1-3H3,(H,15,16). The maximum Gasteiger partial charge on any atom is 0.316 e. The monoisotopic (exact) mass is 227 g/mol. The molecule has 1 heterocycles. The summed E-state index contributed by atoms with van der Waals surface area (Å²) in [7, 11) is 0. The van der Waals surface area contributed by atoms with Gasteiger partial charge in [-0.25, -0.2) is 0 Å². The third-order valence-electron chi connectivity index (χ3n) is 3.29. The summed E-state index contributed by atoms with van der Waals surface area (Å²) in [6.07, 6.45) is 1.96. The first-order chi connectivity index (χ1) is 7.43. The molecule has 1 saturated heterocycles. The predicted octanol–water partition coefficient (Wildman–Crippen LogP) is 1.60. The molecule has 16 heavy (non-hydrogen) atoms. The summed E-state index contributed by atoms with van der Waals surface area (Å²) in [5, 5.41) is 9.05. The van der Waals surface area contributed by atoms with E-state index in [9.17, 15) is 9.59 Å². The van der Waals surface area contributed by atoms with E-state index >= 15 is 0 Å². The topological polar surface area (TPSA) is 57.6 Å². The van der Waals surface area contributed by atoms with Crippen LogP contribution < -0.4 is 0 Å². The normalized spacial score (nSPS) is 19.9. The molecule has 4 nitrogen and oxygen atoms in total. The van der Waals surface area contributed by atoms with Gasteiger partial charge in [-0.3, -0.25) is 9.59 Å². The summed E-state index contributed by atoms with van der Waals surface area (Å²) >= 11 is 0. The fourth-order valence-corrected chi connectivity index (χ4v) is 2.10. The molecule has 0 saturated carbocycles. The summed E-state index contributed by atoms with van der Waals surface area (Å²) in [6.45, 7) is 7.14. The van der Waals surface area contributed by atoms with Gasteiger partial charge in [0.15, 0.2) is 0 Å². The Labute approximate surface area is 96.6 Å². The minimum Gasteiger partial charge on any atom is -0.481 e. The van der Waals surface area contributed by atoms with E-state index < -0.39 is 11.9 Å². The minimum absolute atomic E-state index is 0.149. The van der Waals surface area contributed by atoms with Gasteiger partial charge in [-0.05, 0) is 24.7 Å². The van der Waals surface area contributed by atoms with Gasteiger partial charge in [0, 0.05) is 13.1 Å². The zero-order valence-corrected chi connectivity index (χ0v) is 10.3. The summed E-state index contributed by atoms with van der Waals surface area (Å²) < 4.78 is 0. The van der Waals surface area contributed by atoms with Crippen molar-refractivity contribution < 1.29 is 14.7 Å². The number of carbonyl (C=O) groups excluding carboxylic acids is 1. The first-order valence-electron chi connectivity index (χ1n) is 5.95. The zero-order valence-electron chi connectivity index (χ0n) is 10.3. The van der Waals surface area contributed by atoms with Crippen molar-refractivity contribution in [3.05, 3.63) is 0 Å². The second kappa shape index (κ2) is 5.32. The van der Waals surface area contributed by atoms with Crippen LogP contribution in [0.25, 0.3) is 0 Å².